The Labute approximate surface area is 171 Å². The van der Waals surface area contributed by atoms with Crippen molar-refractivity contribution in [1.29, 1.82) is 0 Å². The topological polar surface area (TPSA) is 69.9 Å². The van der Waals surface area contributed by atoms with Crippen LogP contribution in [0.2, 0.25) is 0 Å². The molecule has 3 aromatic rings. The Morgan fingerprint density at radius 1 is 0.929 bits per heavy atom. The smallest absolute Gasteiger partial charge is 0.360 e. The number of methoxy groups -OCH3 is 3. The molecule has 28 heavy (non-hydrogen) atoms. The number of aryl methyl sites for hydroxylation is 1. The quantitative estimate of drug-likeness (QED) is 0.565. The van der Waals surface area contributed by atoms with E-state index in [0.717, 1.165) is 21.5 Å². The molecule has 0 aliphatic carbocycles. The minimum absolute atomic E-state index is 0.380. The summed E-state index contributed by atoms with van der Waals surface area (Å²) in [5.74, 6) is 2.29. The Morgan fingerprint density at radius 2 is 1.57 bits per heavy atom. The molecule has 3 rings (SSSR count). The molecule has 7 heteroatoms. The summed E-state index contributed by atoms with van der Waals surface area (Å²) < 4.78 is 22.1. The van der Waals surface area contributed by atoms with E-state index in [9.17, 15) is 4.79 Å². The highest BCUT2D eigenvalue weighted by atomic mass is 79.9. The number of halogens is 1. The number of hydrogen-bond acceptors (Lipinski definition) is 6. The molecule has 6 nitrogen and oxygen atoms in total. The molecule has 0 unspecified atom stereocenters. The third-order valence-corrected chi connectivity index (χ3v) is 4.90. The Kier molecular flexibility index (Phi) is 5.94. The van der Waals surface area contributed by atoms with Crippen molar-refractivity contribution in [3.8, 4) is 28.6 Å². The molecule has 1 heterocycles. The standard InChI is InChI=1S/C21H20BrNO5/c1-12-9-17(15-10-18(26-3)19(27-4)11-16(15)22)28-21(24)20(12)23-13-5-7-14(25-2)8-6-13/h5-11,23H,1-4H3. The molecule has 0 radical (unpaired) electrons. The first-order chi connectivity index (χ1) is 13.5. The van der Waals surface area contributed by atoms with Gasteiger partial charge in [-0.1, -0.05) is 0 Å². The minimum Gasteiger partial charge on any atom is -0.497 e. The van der Waals surface area contributed by atoms with Gasteiger partial charge in [-0.05, 0) is 70.9 Å². The zero-order valence-electron chi connectivity index (χ0n) is 16.0. The summed E-state index contributed by atoms with van der Waals surface area (Å²) in [6.45, 7) is 1.85. The van der Waals surface area contributed by atoms with Crippen LogP contribution in [0.1, 0.15) is 5.56 Å². The van der Waals surface area contributed by atoms with E-state index in [-0.39, 0.29) is 0 Å². The van der Waals surface area contributed by atoms with Gasteiger partial charge in [-0.25, -0.2) is 4.79 Å². The van der Waals surface area contributed by atoms with E-state index in [0.29, 0.717) is 28.5 Å². The van der Waals surface area contributed by atoms with Gasteiger partial charge in [0.25, 0.3) is 0 Å². The van der Waals surface area contributed by atoms with Crippen LogP contribution in [-0.4, -0.2) is 21.3 Å². The molecule has 0 atom stereocenters. The van der Waals surface area contributed by atoms with E-state index in [4.69, 9.17) is 18.6 Å². The van der Waals surface area contributed by atoms with Gasteiger partial charge in [-0.2, -0.15) is 0 Å². The lowest BCUT2D eigenvalue weighted by atomic mass is 10.1. The first-order valence-electron chi connectivity index (χ1n) is 8.44. The predicted octanol–water partition coefficient (Wildman–Crippen LogP) is 5.15. The molecule has 1 aromatic heterocycles. The summed E-state index contributed by atoms with van der Waals surface area (Å²) in [4.78, 5) is 12.6. The Balaban J connectivity index is 1.99. The van der Waals surface area contributed by atoms with Gasteiger partial charge in [-0.3, -0.25) is 0 Å². The summed E-state index contributed by atoms with van der Waals surface area (Å²) >= 11 is 3.50. The summed E-state index contributed by atoms with van der Waals surface area (Å²) in [6.07, 6.45) is 0. The first-order valence-corrected chi connectivity index (χ1v) is 9.23. The highest BCUT2D eigenvalue weighted by Gasteiger charge is 2.16. The average molecular weight is 446 g/mol. The minimum atomic E-state index is -0.465. The number of hydrogen-bond donors (Lipinski definition) is 1. The molecular weight excluding hydrogens is 426 g/mol. The Hall–Kier alpha value is -2.93. The molecular formula is C21H20BrNO5. The van der Waals surface area contributed by atoms with Gasteiger partial charge in [-0.15, -0.1) is 0 Å². The van der Waals surface area contributed by atoms with Crippen molar-refractivity contribution in [1.82, 2.24) is 0 Å². The molecule has 0 spiro atoms. The van der Waals surface area contributed by atoms with Crippen LogP contribution >= 0.6 is 15.9 Å². The van der Waals surface area contributed by atoms with Crippen molar-refractivity contribution in [2.75, 3.05) is 26.6 Å². The molecule has 0 amide bonds. The van der Waals surface area contributed by atoms with Crippen LogP contribution in [0.15, 0.2) is 56.1 Å². The van der Waals surface area contributed by atoms with Crippen LogP contribution in [0, 0.1) is 6.92 Å². The lowest BCUT2D eigenvalue weighted by Gasteiger charge is -2.13. The van der Waals surface area contributed by atoms with Crippen molar-refractivity contribution in [2.45, 2.75) is 6.92 Å². The molecule has 1 N–H and O–H groups in total. The fourth-order valence-electron chi connectivity index (χ4n) is 2.75. The maximum Gasteiger partial charge on any atom is 0.360 e. The molecule has 2 aromatic carbocycles. The fraction of sp³-hybridized carbons (Fsp3) is 0.190. The molecule has 0 aliphatic rings. The molecule has 0 fully saturated rings. The second-order valence-electron chi connectivity index (χ2n) is 6.00. The molecule has 146 valence electrons. The summed E-state index contributed by atoms with van der Waals surface area (Å²) in [5, 5.41) is 3.11. The van der Waals surface area contributed by atoms with Crippen LogP contribution in [0.3, 0.4) is 0 Å². The van der Waals surface area contributed by atoms with Crippen LogP contribution in [0.5, 0.6) is 17.2 Å². The monoisotopic (exact) mass is 445 g/mol. The largest absolute Gasteiger partial charge is 0.497 e. The van der Waals surface area contributed by atoms with Gasteiger partial charge in [0.15, 0.2) is 11.5 Å². The zero-order valence-corrected chi connectivity index (χ0v) is 17.5. The van der Waals surface area contributed by atoms with Crippen LogP contribution < -0.4 is 25.2 Å². The van der Waals surface area contributed by atoms with E-state index >= 15 is 0 Å². The van der Waals surface area contributed by atoms with E-state index < -0.39 is 5.63 Å². The molecule has 0 bridgehead atoms. The van der Waals surface area contributed by atoms with E-state index in [1.54, 1.807) is 39.5 Å². The molecule has 0 aliphatic heterocycles. The third kappa shape index (κ3) is 3.99. The van der Waals surface area contributed by atoms with Crippen molar-refractivity contribution < 1.29 is 18.6 Å². The van der Waals surface area contributed by atoms with Gasteiger partial charge in [0.1, 0.15) is 17.2 Å². The van der Waals surface area contributed by atoms with Gasteiger partial charge in [0.2, 0.25) is 0 Å². The van der Waals surface area contributed by atoms with Gasteiger partial charge >= 0.3 is 5.63 Å². The third-order valence-electron chi connectivity index (χ3n) is 4.25. The van der Waals surface area contributed by atoms with Crippen molar-refractivity contribution in [3.05, 3.63) is 62.9 Å². The maximum absolute atomic E-state index is 12.6. The fourth-order valence-corrected chi connectivity index (χ4v) is 3.27. The van der Waals surface area contributed by atoms with E-state index in [1.807, 2.05) is 31.2 Å². The second-order valence-corrected chi connectivity index (χ2v) is 6.85. The van der Waals surface area contributed by atoms with Crippen LogP contribution in [0.25, 0.3) is 11.3 Å². The first kappa shape index (κ1) is 19.8. The molecule has 0 saturated heterocycles. The van der Waals surface area contributed by atoms with Gasteiger partial charge < -0.3 is 23.9 Å². The number of nitrogens with one attached hydrogen (secondary N) is 1. The summed E-state index contributed by atoms with van der Waals surface area (Å²) in [7, 11) is 4.72. The lowest BCUT2D eigenvalue weighted by molar-refractivity contribution is 0.354. The number of anilines is 2. The van der Waals surface area contributed by atoms with Crippen molar-refractivity contribution >= 4 is 27.3 Å². The summed E-state index contributed by atoms with van der Waals surface area (Å²) in [6, 6.07) is 12.6. The average Bonchev–Trinajstić information content (AvgIpc) is 2.70. The van der Waals surface area contributed by atoms with Gasteiger partial charge in [0, 0.05) is 15.7 Å². The van der Waals surface area contributed by atoms with Crippen molar-refractivity contribution in [3.63, 3.8) is 0 Å². The predicted molar refractivity (Wildman–Crippen MR) is 112 cm³/mol. The van der Waals surface area contributed by atoms with Crippen LogP contribution in [0.4, 0.5) is 11.4 Å². The zero-order chi connectivity index (χ0) is 20.3. The van der Waals surface area contributed by atoms with Gasteiger partial charge in [0.05, 0.1) is 21.3 Å². The normalized spacial score (nSPS) is 10.5. The second kappa shape index (κ2) is 8.39. The molecule has 0 saturated carbocycles. The lowest BCUT2D eigenvalue weighted by Crippen LogP contribution is -2.09. The van der Waals surface area contributed by atoms with Crippen molar-refractivity contribution in [2.24, 2.45) is 0 Å². The highest BCUT2D eigenvalue weighted by molar-refractivity contribution is 9.10. The Morgan fingerprint density at radius 3 is 2.14 bits per heavy atom. The van der Waals surface area contributed by atoms with Crippen LogP contribution in [-0.2, 0) is 0 Å². The van der Waals surface area contributed by atoms with E-state index in [2.05, 4.69) is 21.2 Å². The number of ether oxygens (including phenoxy) is 3. The highest BCUT2D eigenvalue weighted by Crippen LogP contribution is 2.38. The number of benzene rings is 2. The van der Waals surface area contributed by atoms with E-state index in [1.165, 1.54) is 0 Å². The SMILES string of the molecule is COc1ccc(Nc2c(C)cc(-c3cc(OC)c(OC)cc3Br)oc2=O)cc1. The summed E-state index contributed by atoms with van der Waals surface area (Å²) in [5.41, 5.74) is 2.12. The Bertz CT molecular complexity index is 1040. The number of rotatable bonds is 6. The maximum atomic E-state index is 12.6.